The summed E-state index contributed by atoms with van der Waals surface area (Å²) in [6, 6.07) is 17.5. The molecule has 4 rings (SSSR count). The second kappa shape index (κ2) is 9.45. The fourth-order valence-corrected chi connectivity index (χ4v) is 5.59. The molecule has 1 aliphatic heterocycles. The number of aromatic nitrogens is 2. The van der Waals surface area contributed by atoms with Crippen LogP contribution in [0.5, 0.6) is 0 Å². The van der Waals surface area contributed by atoms with E-state index in [4.69, 9.17) is 0 Å². The summed E-state index contributed by atoms with van der Waals surface area (Å²) in [5.74, 6) is -0.253. The summed E-state index contributed by atoms with van der Waals surface area (Å²) in [6.45, 7) is 1.36. The van der Waals surface area contributed by atoms with Crippen molar-refractivity contribution in [2.75, 3.05) is 6.54 Å². The van der Waals surface area contributed by atoms with Gasteiger partial charge in [0.2, 0.25) is 15.9 Å². The van der Waals surface area contributed by atoms with Gasteiger partial charge in [-0.3, -0.25) is 9.48 Å². The lowest BCUT2D eigenvalue weighted by Crippen LogP contribution is -2.51. The third kappa shape index (κ3) is 5.03. The standard InChI is InChI=1S/C23H26N4O3S/c28-23(24-17-19-8-6-9-20(16-19)18-26-14-7-13-25-26)22-12-4-5-15-27(22)31(29,30)21-10-2-1-3-11-21/h1-3,6-11,13-14,16,22H,4-5,12,15,17-18H2,(H,24,28). The molecule has 0 saturated carbocycles. The molecule has 162 valence electrons. The highest BCUT2D eigenvalue weighted by molar-refractivity contribution is 7.89. The van der Waals surface area contributed by atoms with Crippen LogP contribution in [0.2, 0.25) is 0 Å². The highest BCUT2D eigenvalue weighted by atomic mass is 32.2. The SMILES string of the molecule is O=C(NCc1cccc(Cn2cccn2)c1)C1CCCCN1S(=O)(=O)c1ccccc1. The predicted octanol–water partition coefficient (Wildman–Crippen LogP) is 2.79. The fourth-order valence-electron chi connectivity index (χ4n) is 3.91. The number of benzene rings is 2. The minimum absolute atomic E-state index is 0.223. The van der Waals surface area contributed by atoms with Gasteiger partial charge in [0.05, 0.1) is 11.4 Å². The number of hydrogen-bond donors (Lipinski definition) is 1. The van der Waals surface area contributed by atoms with Crippen LogP contribution in [-0.2, 0) is 27.9 Å². The number of nitrogens with zero attached hydrogens (tertiary/aromatic N) is 3. The number of carbonyl (C=O) groups excluding carboxylic acids is 1. The Balaban J connectivity index is 1.44. The Kier molecular flexibility index (Phi) is 6.48. The van der Waals surface area contributed by atoms with Gasteiger partial charge in [0.25, 0.3) is 0 Å². The van der Waals surface area contributed by atoms with E-state index in [1.165, 1.54) is 4.31 Å². The van der Waals surface area contributed by atoms with Gasteiger partial charge in [-0.25, -0.2) is 8.42 Å². The summed E-state index contributed by atoms with van der Waals surface area (Å²) < 4.78 is 29.4. The third-order valence-electron chi connectivity index (χ3n) is 5.47. The van der Waals surface area contributed by atoms with Crippen LogP contribution in [-0.4, -0.2) is 41.0 Å². The normalized spacial score (nSPS) is 17.4. The molecular formula is C23H26N4O3S. The molecule has 0 aliphatic carbocycles. The summed E-state index contributed by atoms with van der Waals surface area (Å²) >= 11 is 0. The molecule has 1 N–H and O–H groups in total. The van der Waals surface area contributed by atoms with Crippen molar-refractivity contribution in [3.8, 4) is 0 Å². The van der Waals surface area contributed by atoms with Crippen LogP contribution in [0.3, 0.4) is 0 Å². The maximum atomic E-state index is 13.1. The van der Waals surface area contributed by atoms with Gasteiger partial charge in [-0.1, -0.05) is 48.9 Å². The molecule has 8 heteroatoms. The molecule has 2 heterocycles. The molecule has 0 radical (unpaired) electrons. The monoisotopic (exact) mass is 438 g/mol. The third-order valence-corrected chi connectivity index (χ3v) is 7.39. The van der Waals surface area contributed by atoms with E-state index in [1.54, 1.807) is 36.5 Å². The summed E-state index contributed by atoms with van der Waals surface area (Å²) in [6.07, 6.45) is 5.75. The lowest BCUT2D eigenvalue weighted by molar-refractivity contribution is -0.125. The first kappa shape index (κ1) is 21.3. The van der Waals surface area contributed by atoms with Crippen LogP contribution in [0.25, 0.3) is 0 Å². The Hall–Kier alpha value is -2.97. The smallest absolute Gasteiger partial charge is 0.243 e. The van der Waals surface area contributed by atoms with Crippen molar-refractivity contribution in [1.29, 1.82) is 0 Å². The van der Waals surface area contributed by atoms with Crippen LogP contribution in [0, 0.1) is 0 Å². The minimum Gasteiger partial charge on any atom is -0.351 e. The van der Waals surface area contributed by atoms with Crippen LogP contribution < -0.4 is 5.32 Å². The number of piperidine rings is 1. The highest BCUT2D eigenvalue weighted by Crippen LogP contribution is 2.25. The molecule has 1 saturated heterocycles. The highest BCUT2D eigenvalue weighted by Gasteiger charge is 2.37. The number of nitrogens with one attached hydrogen (secondary N) is 1. The van der Waals surface area contributed by atoms with Crippen LogP contribution in [0.15, 0.2) is 78.0 Å². The first-order chi connectivity index (χ1) is 15.0. The minimum atomic E-state index is -3.71. The molecule has 1 fully saturated rings. The Morgan fingerprint density at radius 1 is 1.03 bits per heavy atom. The maximum Gasteiger partial charge on any atom is 0.243 e. The topological polar surface area (TPSA) is 84.3 Å². The van der Waals surface area contributed by atoms with E-state index in [2.05, 4.69) is 10.4 Å². The largest absolute Gasteiger partial charge is 0.351 e. The van der Waals surface area contributed by atoms with Gasteiger partial charge >= 0.3 is 0 Å². The van der Waals surface area contributed by atoms with Gasteiger partial charge in [0, 0.05) is 25.5 Å². The van der Waals surface area contributed by atoms with Crippen molar-refractivity contribution in [2.45, 2.75) is 43.3 Å². The molecule has 2 aromatic carbocycles. The van der Waals surface area contributed by atoms with Gasteiger partial charge in [0.15, 0.2) is 0 Å². The second-order valence-corrected chi connectivity index (χ2v) is 9.57. The molecule has 31 heavy (non-hydrogen) atoms. The summed E-state index contributed by atoms with van der Waals surface area (Å²) in [5.41, 5.74) is 2.05. The molecule has 7 nitrogen and oxygen atoms in total. The van der Waals surface area contributed by atoms with Crippen molar-refractivity contribution in [3.05, 3.63) is 84.2 Å². The molecule has 1 aliphatic rings. The van der Waals surface area contributed by atoms with E-state index >= 15 is 0 Å². The fraction of sp³-hybridized carbons (Fsp3) is 0.304. The molecule has 0 spiro atoms. The van der Waals surface area contributed by atoms with Crippen LogP contribution >= 0.6 is 0 Å². The van der Waals surface area contributed by atoms with E-state index in [0.717, 1.165) is 24.0 Å². The Bertz CT molecular complexity index is 1110. The molecule has 1 aromatic heterocycles. The van der Waals surface area contributed by atoms with Gasteiger partial charge in [0.1, 0.15) is 6.04 Å². The summed E-state index contributed by atoms with van der Waals surface area (Å²) in [7, 11) is -3.71. The number of rotatable bonds is 7. The Morgan fingerprint density at radius 3 is 2.61 bits per heavy atom. The Labute approximate surface area is 182 Å². The van der Waals surface area contributed by atoms with Gasteiger partial charge in [-0.2, -0.15) is 9.40 Å². The van der Waals surface area contributed by atoms with E-state index in [0.29, 0.717) is 26.1 Å². The summed E-state index contributed by atoms with van der Waals surface area (Å²) in [5, 5.41) is 7.16. The maximum absolute atomic E-state index is 13.1. The molecule has 1 atom stereocenters. The zero-order valence-corrected chi connectivity index (χ0v) is 18.0. The van der Waals surface area contributed by atoms with E-state index in [-0.39, 0.29) is 10.8 Å². The van der Waals surface area contributed by atoms with E-state index in [9.17, 15) is 13.2 Å². The molecule has 1 unspecified atom stereocenters. The molecular weight excluding hydrogens is 412 g/mol. The van der Waals surface area contributed by atoms with E-state index < -0.39 is 16.1 Å². The average molecular weight is 439 g/mol. The predicted molar refractivity (Wildman–Crippen MR) is 118 cm³/mol. The number of amides is 1. The van der Waals surface area contributed by atoms with Crippen molar-refractivity contribution < 1.29 is 13.2 Å². The number of carbonyl (C=O) groups is 1. The van der Waals surface area contributed by atoms with Crippen molar-refractivity contribution in [3.63, 3.8) is 0 Å². The van der Waals surface area contributed by atoms with Crippen molar-refractivity contribution in [1.82, 2.24) is 19.4 Å². The molecule has 1 amide bonds. The summed E-state index contributed by atoms with van der Waals surface area (Å²) in [4.78, 5) is 13.2. The van der Waals surface area contributed by atoms with Crippen LogP contribution in [0.1, 0.15) is 30.4 Å². The lowest BCUT2D eigenvalue weighted by atomic mass is 10.0. The van der Waals surface area contributed by atoms with Crippen molar-refractivity contribution >= 4 is 15.9 Å². The zero-order valence-electron chi connectivity index (χ0n) is 17.2. The van der Waals surface area contributed by atoms with Gasteiger partial charge in [-0.15, -0.1) is 0 Å². The van der Waals surface area contributed by atoms with E-state index in [1.807, 2.05) is 41.2 Å². The van der Waals surface area contributed by atoms with Crippen molar-refractivity contribution in [2.24, 2.45) is 0 Å². The lowest BCUT2D eigenvalue weighted by Gasteiger charge is -2.33. The number of hydrogen-bond acceptors (Lipinski definition) is 4. The second-order valence-electron chi connectivity index (χ2n) is 7.68. The van der Waals surface area contributed by atoms with Gasteiger partial charge in [-0.05, 0) is 42.2 Å². The number of sulfonamides is 1. The quantitative estimate of drug-likeness (QED) is 0.615. The zero-order chi connectivity index (χ0) is 21.7. The average Bonchev–Trinajstić information content (AvgIpc) is 3.31. The first-order valence-corrected chi connectivity index (χ1v) is 11.9. The molecule has 0 bridgehead atoms. The molecule has 3 aromatic rings. The first-order valence-electron chi connectivity index (χ1n) is 10.4. The van der Waals surface area contributed by atoms with Crippen LogP contribution in [0.4, 0.5) is 0 Å². The Morgan fingerprint density at radius 2 is 1.84 bits per heavy atom. The van der Waals surface area contributed by atoms with Gasteiger partial charge < -0.3 is 5.32 Å².